The van der Waals surface area contributed by atoms with E-state index >= 15 is 0 Å². The fourth-order valence-corrected chi connectivity index (χ4v) is 3.43. The lowest BCUT2D eigenvalue weighted by molar-refractivity contribution is -0.133. The van der Waals surface area contributed by atoms with E-state index in [4.69, 9.17) is 18.6 Å². The van der Waals surface area contributed by atoms with Gasteiger partial charge in [-0.2, -0.15) is 0 Å². The Balaban J connectivity index is 1.55. The van der Waals surface area contributed by atoms with Gasteiger partial charge in [-0.25, -0.2) is 0 Å². The first-order valence-electron chi connectivity index (χ1n) is 8.73. The van der Waals surface area contributed by atoms with Crippen molar-refractivity contribution >= 4 is 28.3 Å². The molecule has 7 heteroatoms. The quantitative estimate of drug-likeness (QED) is 0.337. The Morgan fingerprint density at radius 1 is 1.03 bits per heavy atom. The third-order valence-corrected chi connectivity index (χ3v) is 4.99. The van der Waals surface area contributed by atoms with Crippen molar-refractivity contribution in [3.63, 3.8) is 0 Å². The van der Waals surface area contributed by atoms with Gasteiger partial charge in [-0.3, -0.25) is 9.59 Å². The zero-order valence-corrected chi connectivity index (χ0v) is 16.2. The van der Waals surface area contributed by atoms with Crippen LogP contribution in [0.4, 0.5) is 0 Å². The van der Waals surface area contributed by atoms with E-state index in [1.165, 1.54) is 23.7 Å². The summed E-state index contributed by atoms with van der Waals surface area (Å²) in [6.45, 7) is 0. The first kappa shape index (κ1) is 18.8. The van der Waals surface area contributed by atoms with Gasteiger partial charge >= 0.3 is 5.97 Å². The molecule has 146 valence electrons. The Labute approximate surface area is 169 Å². The molecule has 2 heterocycles. The van der Waals surface area contributed by atoms with Gasteiger partial charge in [0.25, 0.3) is 0 Å². The summed E-state index contributed by atoms with van der Waals surface area (Å²) in [4.78, 5) is 25.7. The van der Waals surface area contributed by atoms with Crippen LogP contribution in [0.25, 0.3) is 11.0 Å². The van der Waals surface area contributed by atoms with Crippen molar-refractivity contribution < 1.29 is 23.4 Å². The predicted molar refractivity (Wildman–Crippen MR) is 109 cm³/mol. The van der Waals surface area contributed by atoms with Crippen LogP contribution in [0.15, 0.2) is 75.5 Å². The monoisotopic (exact) mass is 408 g/mol. The third kappa shape index (κ3) is 4.30. The Morgan fingerprint density at radius 3 is 2.69 bits per heavy atom. The van der Waals surface area contributed by atoms with Crippen molar-refractivity contribution in [3.8, 4) is 23.0 Å². The van der Waals surface area contributed by atoms with Gasteiger partial charge in [0, 0.05) is 17.0 Å². The molecule has 0 bridgehead atoms. The minimum Gasteiger partial charge on any atom is -0.497 e. The molecule has 0 aliphatic heterocycles. The summed E-state index contributed by atoms with van der Waals surface area (Å²) in [5, 5.41) is 2.22. The molecule has 29 heavy (non-hydrogen) atoms. The average Bonchev–Trinajstić information content (AvgIpc) is 3.23. The number of carbonyl (C=O) groups excluding carboxylic acids is 1. The van der Waals surface area contributed by atoms with E-state index < -0.39 is 0 Å². The summed E-state index contributed by atoms with van der Waals surface area (Å²) in [7, 11) is 1.55. The number of fused-ring (bicyclic) bond motifs is 1. The van der Waals surface area contributed by atoms with Gasteiger partial charge < -0.3 is 18.6 Å². The molecule has 4 aromatic rings. The number of ether oxygens (including phenoxy) is 3. The van der Waals surface area contributed by atoms with Gasteiger partial charge in [-0.15, -0.1) is 11.3 Å². The van der Waals surface area contributed by atoms with Gasteiger partial charge in [0.1, 0.15) is 29.1 Å². The summed E-state index contributed by atoms with van der Waals surface area (Å²) in [5.41, 5.74) is -0.0278. The summed E-state index contributed by atoms with van der Waals surface area (Å²) in [6.07, 6.45) is 1.42. The summed E-state index contributed by atoms with van der Waals surface area (Å²) >= 11 is 1.49. The fourth-order valence-electron chi connectivity index (χ4n) is 2.74. The van der Waals surface area contributed by atoms with Crippen molar-refractivity contribution in [2.24, 2.45) is 0 Å². The number of thiophene rings is 1. The molecule has 0 N–H and O–H groups in total. The zero-order valence-electron chi connectivity index (χ0n) is 15.4. The van der Waals surface area contributed by atoms with Crippen molar-refractivity contribution in [2.45, 2.75) is 6.42 Å². The molecule has 0 saturated carbocycles. The van der Waals surface area contributed by atoms with Crippen LogP contribution in [-0.4, -0.2) is 13.1 Å². The number of esters is 1. The molecule has 0 aliphatic carbocycles. The molecule has 4 rings (SSSR count). The Bertz CT molecular complexity index is 1210. The molecule has 0 radical (unpaired) electrons. The minimum absolute atomic E-state index is 0.0493. The maximum absolute atomic E-state index is 12.7. The third-order valence-electron chi connectivity index (χ3n) is 4.11. The summed E-state index contributed by atoms with van der Waals surface area (Å²) in [6, 6.07) is 15.3. The molecule has 6 nitrogen and oxygen atoms in total. The molecular formula is C22H16O6S. The van der Waals surface area contributed by atoms with Crippen LogP contribution in [0.2, 0.25) is 0 Å². The molecule has 0 amide bonds. The SMILES string of the molecule is COc1cccc(Oc2coc3cc(OC(=O)Cc4cccs4)ccc3c2=O)c1. The van der Waals surface area contributed by atoms with Crippen LogP contribution < -0.4 is 19.6 Å². The Kier molecular flexibility index (Phi) is 5.31. The molecule has 0 aliphatic rings. The van der Waals surface area contributed by atoms with Crippen molar-refractivity contribution in [1.82, 2.24) is 0 Å². The largest absolute Gasteiger partial charge is 0.497 e. The van der Waals surface area contributed by atoms with Crippen LogP contribution in [0.3, 0.4) is 0 Å². The number of carbonyl (C=O) groups is 1. The lowest BCUT2D eigenvalue weighted by Crippen LogP contribution is -2.10. The lowest BCUT2D eigenvalue weighted by Gasteiger charge is -2.08. The van der Waals surface area contributed by atoms with Gasteiger partial charge in [0.2, 0.25) is 11.2 Å². The van der Waals surface area contributed by atoms with E-state index in [1.54, 1.807) is 43.5 Å². The highest BCUT2D eigenvalue weighted by Gasteiger charge is 2.13. The fraction of sp³-hybridized carbons (Fsp3) is 0.0909. The zero-order chi connectivity index (χ0) is 20.2. The van der Waals surface area contributed by atoms with Crippen LogP contribution in [-0.2, 0) is 11.2 Å². The van der Waals surface area contributed by atoms with Crippen molar-refractivity contribution in [2.75, 3.05) is 7.11 Å². The van der Waals surface area contributed by atoms with E-state index in [2.05, 4.69) is 0 Å². The van der Waals surface area contributed by atoms with Crippen molar-refractivity contribution in [1.29, 1.82) is 0 Å². The minimum atomic E-state index is -0.382. The summed E-state index contributed by atoms with van der Waals surface area (Å²) < 4.78 is 21.7. The normalized spacial score (nSPS) is 10.7. The molecule has 0 fully saturated rings. The van der Waals surface area contributed by atoms with Gasteiger partial charge in [0.15, 0.2) is 0 Å². The van der Waals surface area contributed by atoms with Gasteiger partial charge in [0.05, 0.1) is 18.9 Å². The van der Waals surface area contributed by atoms with Gasteiger partial charge in [-0.1, -0.05) is 12.1 Å². The molecule has 2 aromatic carbocycles. The summed E-state index contributed by atoms with van der Waals surface area (Å²) in [5.74, 6) is 1.04. The van der Waals surface area contributed by atoms with E-state index in [0.29, 0.717) is 28.2 Å². The van der Waals surface area contributed by atoms with Crippen LogP contribution in [0, 0.1) is 0 Å². The van der Waals surface area contributed by atoms with Crippen molar-refractivity contribution in [3.05, 3.63) is 81.3 Å². The average molecular weight is 408 g/mol. The highest BCUT2D eigenvalue weighted by molar-refractivity contribution is 7.10. The maximum Gasteiger partial charge on any atom is 0.316 e. The molecule has 0 atom stereocenters. The van der Waals surface area contributed by atoms with E-state index in [1.807, 2.05) is 17.5 Å². The van der Waals surface area contributed by atoms with Gasteiger partial charge in [-0.05, 0) is 35.7 Å². The second-order valence-corrected chi connectivity index (χ2v) is 7.13. The molecule has 0 unspecified atom stereocenters. The first-order valence-corrected chi connectivity index (χ1v) is 9.61. The standard InChI is InChI=1S/C22H16O6S/c1-25-14-4-2-5-15(10-14)27-20-13-26-19-11-16(7-8-18(19)22(20)24)28-21(23)12-17-6-3-9-29-17/h2-11,13H,12H2,1H3. The highest BCUT2D eigenvalue weighted by Crippen LogP contribution is 2.26. The number of methoxy groups -OCH3 is 1. The molecular weight excluding hydrogens is 392 g/mol. The second-order valence-electron chi connectivity index (χ2n) is 6.10. The predicted octanol–water partition coefficient (Wildman–Crippen LogP) is 4.80. The molecule has 2 aromatic heterocycles. The lowest BCUT2D eigenvalue weighted by atomic mass is 10.2. The number of hydrogen-bond acceptors (Lipinski definition) is 7. The smallest absolute Gasteiger partial charge is 0.316 e. The maximum atomic E-state index is 12.7. The Hall–Kier alpha value is -3.58. The van der Waals surface area contributed by atoms with Crippen LogP contribution >= 0.6 is 11.3 Å². The highest BCUT2D eigenvalue weighted by atomic mass is 32.1. The number of hydrogen-bond donors (Lipinski definition) is 0. The van der Waals surface area contributed by atoms with Crippen LogP contribution in [0.5, 0.6) is 23.0 Å². The van der Waals surface area contributed by atoms with E-state index in [0.717, 1.165) is 4.88 Å². The van der Waals surface area contributed by atoms with Crippen LogP contribution in [0.1, 0.15) is 4.88 Å². The number of rotatable bonds is 6. The topological polar surface area (TPSA) is 75.0 Å². The molecule has 0 saturated heterocycles. The number of benzene rings is 2. The van der Waals surface area contributed by atoms with E-state index in [9.17, 15) is 9.59 Å². The molecule has 0 spiro atoms. The second kappa shape index (κ2) is 8.20. The first-order chi connectivity index (χ1) is 14.1. The Morgan fingerprint density at radius 2 is 1.90 bits per heavy atom. The van der Waals surface area contributed by atoms with E-state index in [-0.39, 0.29) is 23.6 Å².